The Morgan fingerprint density at radius 2 is 2.21 bits per heavy atom. The molecule has 1 aromatic rings. The maximum atomic E-state index is 13.5. The van der Waals surface area contributed by atoms with Crippen LogP contribution in [0.4, 0.5) is 4.39 Å². The summed E-state index contributed by atoms with van der Waals surface area (Å²) >= 11 is 5.58. The molecule has 0 fully saturated rings. The summed E-state index contributed by atoms with van der Waals surface area (Å²) in [4.78, 5) is 21.8. The van der Waals surface area contributed by atoms with Crippen molar-refractivity contribution in [3.63, 3.8) is 0 Å². The van der Waals surface area contributed by atoms with Crippen molar-refractivity contribution >= 4 is 29.6 Å². The molecule has 1 atom stereocenters. The van der Waals surface area contributed by atoms with Crippen LogP contribution in [0.2, 0.25) is 5.02 Å². The van der Waals surface area contributed by atoms with Crippen LogP contribution in [0.3, 0.4) is 0 Å². The zero-order valence-corrected chi connectivity index (χ0v) is 10.5. The molecule has 4 N–H and O–H groups in total. The van der Waals surface area contributed by atoms with Crippen LogP contribution in [-0.4, -0.2) is 29.6 Å². The van der Waals surface area contributed by atoms with Crippen molar-refractivity contribution in [1.82, 2.24) is 5.32 Å². The van der Waals surface area contributed by atoms with Gasteiger partial charge < -0.3 is 16.2 Å². The average Bonchev–Trinajstić information content (AvgIpc) is 2.37. The lowest BCUT2D eigenvalue weighted by Crippen LogP contribution is -2.41. The molecule has 0 aliphatic carbocycles. The van der Waals surface area contributed by atoms with Gasteiger partial charge in [-0.25, -0.2) is 4.39 Å². The van der Waals surface area contributed by atoms with E-state index < -0.39 is 23.7 Å². The van der Waals surface area contributed by atoms with Gasteiger partial charge in [0.05, 0.1) is 5.02 Å². The fraction of sp³-hybridized carbons (Fsp3) is 0.167. The molecule has 102 valence electrons. The van der Waals surface area contributed by atoms with Gasteiger partial charge in [-0.2, -0.15) is 0 Å². The van der Waals surface area contributed by atoms with Gasteiger partial charge in [-0.15, -0.1) is 0 Å². The number of carbonyl (C=O) groups is 2. The number of rotatable bonds is 5. The number of carbonyl (C=O) groups excluding carboxylic acids is 1. The molecule has 0 saturated heterocycles. The largest absolute Gasteiger partial charge is 0.480 e. The van der Waals surface area contributed by atoms with E-state index in [4.69, 9.17) is 22.4 Å². The lowest BCUT2D eigenvalue weighted by molar-refractivity contribution is -0.138. The number of benzene rings is 1. The lowest BCUT2D eigenvalue weighted by Gasteiger charge is -2.06. The Morgan fingerprint density at radius 3 is 2.84 bits per heavy atom. The van der Waals surface area contributed by atoms with Gasteiger partial charge in [0, 0.05) is 18.2 Å². The Labute approximate surface area is 113 Å². The van der Waals surface area contributed by atoms with Gasteiger partial charge in [-0.05, 0) is 12.1 Å². The highest BCUT2D eigenvalue weighted by Gasteiger charge is 2.11. The van der Waals surface area contributed by atoms with Crippen molar-refractivity contribution < 1.29 is 19.1 Å². The average molecular weight is 287 g/mol. The number of hydrogen-bond acceptors (Lipinski definition) is 3. The second kappa shape index (κ2) is 6.86. The van der Waals surface area contributed by atoms with Gasteiger partial charge in [0.25, 0.3) is 0 Å². The van der Waals surface area contributed by atoms with Crippen molar-refractivity contribution in [2.45, 2.75) is 6.04 Å². The van der Waals surface area contributed by atoms with Gasteiger partial charge in [-0.1, -0.05) is 23.7 Å². The fourth-order valence-electron chi connectivity index (χ4n) is 1.17. The summed E-state index contributed by atoms with van der Waals surface area (Å²) < 4.78 is 13.5. The highest BCUT2D eigenvalue weighted by Crippen LogP contribution is 2.18. The number of carboxylic acid groups (broad SMARTS) is 1. The Bertz CT molecular complexity index is 520. The van der Waals surface area contributed by atoms with E-state index in [2.05, 4.69) is 5.32 Å². The van der Waals surface area contributed by atoms with Crippen LogP contribution in [-0.2, 0) is 9.59 Å². The topological polar surface area (TPSA) is 92.4 Å². The number of nitrogens with one attached hydrogen (secondary N) is 1. The quantitative estimate of drug-likeness (QED) is 0.705. The second-order valence-electron chi connectivity index (χ2n) is 3.67. The van der Waals surface area contributed by atoms with Crippen LogP contribution in [0.15, 0.2) is 24.3 Å². The van der Waals surface area contributed by atoms with Crippen LogP contribution in [0.25, 0.3) is 6.08 Å². The van der Waals surface area contributed by atoms with E-state index in [1.54, 1.807) is 6.07 Å². The van der Waals surface area contributed by atoms with E-state index in [1.807, 2.05) is 0 Å². The monoisotopic (exact) mass is 286 g/mol. The molecule has 0 aromatic heterocycles. The minimum Gasteiger partial charge on any atom is -0.480 e. The van der Waals surface area contributed by atoms with Crippen molar-refractivity contribution in [2.75, 3.05) is 6.54 Å². The molecule has 0 unspecified atom stereocenters. The maximum absolute atomic E-state index is 13.5. The van der Waals surface area contributed by atoms with E-state index in [-0.39, 0.29) is 17.1 Å². The van der Waals surface area contributed by atoms with Crippen LogP contribution >= 0.6 is 11.6 Å². The molecule has 1 rings (SSSR count). The van der Waals surface area contributed by atoms with Gasteiger partial charge in [0.2, 0.25) is 5.91 Å². The van der Waals surface area contributed by atoms with Gasteiger partial charge >= 0.3 is 5.97 Å². The first-order valence-corrected chi connectivity index (χ1v) is 5.68. The van der Waals surface area contributed by atoms with Gasteiger partial charge in [0.1, 0.15) is 11.9 Å². The molecule has 0 radical (unpaired) electrons. The molecule has 5 nitrogen and oxygen atoms in total. The Kier molecular flexibility index (Phi) is 5.47. The number of carboxylic acids is 1. The molecule has 7 heteroatoms. The van der Waals surface area contributed by atoms with E-state index in [0.29, 0.717) is 0 Å². The third-order valence-electron chi connectivity index (χ3n) is 2.21. The molecule has 0 aliphatic heterocycles. The summed E-state index contributed by atoms with van der Waals surface area (Å²) in [5.41, 5.74) is 5.36. The zero-order valence-electron chi connectivity index (χ0n) is 9.77. The summed E-state index contributed by atoms with van der Waals surface area (Å²) in [6, 6.07) is 3.21. The molecule has 1 aromatic carbocycles. The van der Waals surface area contributed by atoms with Crippen molar-refractivity contribution in [3.05, 3.63) is 40.7 Å². The second-order valence-corrected chi connectivity index (χ2v) is 4.07. The molecule has 1 amide bonds. The van der Waals surface area contributed by atoms with Crippen LogP contribution in [0.5, 0.6) is 0 Å². The Hall–Kier alpha value is -1.92. The number of hydrogen-bond donors (Lipinski definition) is 3. The first-order chi connectivity index (χ1) is 8.91. The predicted molar refractivity (Wildman–Crippen MR) is 69.1 cm³/mol. The van der Waals surface area contributed by atoms with E-state index >= 15 is 0 Å². The lowest BCUT2D eigenvalue weighted by atomic mass is 10.2. The number of amides is 1. The highest BCUT2D eigenvalue weighted by molar-refractivity contribution is 6.30. The fourth-order valence-corrected chi connectivity index (χ4v) is 1.35. The molecule has 0 aliphatic rings. The Balaban J connectivity index is 2.59. The maximum Gasteiger partial charge on any atom is 0.322 e. The van der Waals surface area contributed by atoms with Gasteiger partial charge in [0.15, 0.2) is 0 Å². The first kappa shape index (κ1) is 15.1. The Morgan fingerprint density at radius 1 is 1.53 bits per heavy atom. The summed E-state index contributed by atoms with van der Waals surface area (Å²) in [7, 11) is 0. The summed E-state index contributed by atoms with van der Waals surface area (Å²) in [5, 5.41) is 10.7. The molecular weight excluding hydrogens is 275 g/mol. The van der Waals surface area contributed by atoms with Crippen molar-refractivity contribution in [2.24, 2.45) is 5.73 Å². The normalized spacial score (nSPS) is 12.4. The predicted octanol–water partition coefficient (Wildman–Crippen LogP) is 1.02. The van der Waals surface area contributed by atoms with Crippen molar-refractivity contribution in [3.8, 4) is 0 Å². The van der Waals surface area contributed by atoms with Crippen LogP contribution in [0.1, 0.15) is 5.56 Å². The van der Waals surface area contributed by atoms with E-state index in [9.17, 15) is 14.0 Å². The number of aliphatic carboxylic acids is 1. The summed E-state index contributed by atoms with van der Waals surface area (Å²) in [6.45, 7) is -0.212. The number of halogens is 2. The first-order valence-electron chi connectivity index (χ1n) is 5.30. The van der Waals surface area contributed by atoms with Crippen molar-refractivity contribution in [1.29, 1.82) is 0 Å². The molecule has 0 saturated carbocycles. The molecule has 0 heterocycles. The third kappa shape index (κ3) is 4.69. The molecular formula is C12H12ClFN2O3. The molecule has 19 heavy (non-hydrogen) atoms. The minimum atomic E-state index is -1.22. The smallest absolute Gasteiger partial charge is 0.322 e. The van der Waals surface area contributed by atoms with Crippen LogP contribution in [0, 0.1) is 5.82 Å². The highest BCUT2D eigenvalue weighted by atomic mass is 35.5. The third-order valence-corrected chi connectivity index (χ3v) is 2.50. The van der Waals surface area contributed by atoms with Crippen LogP contribution < -0.4 is 11.1 Å². The molecule has 0 spiro atoms. The SMILES string of the molecule is N[C@@H](CNC(=O)/C=C/c1cccc(Cl)c1F)C(=O)O. The number of nitrogens with two attached hydrogens (primary N) is 1. The standard InChI is InChI=1S/C12H12ClFN2O3/c13-8-3-1-2-7(11(8)14)4-5-10(17)16-6-9(15)12(18)19/h1-5,9H,6,15H2,(H,16,17)(H,18,19)/b5-4+/t9-/m0/s1. The van der Waals surface area contributed by atoms with E-state index in [0.717, 1.165) is 6.08 Å². The molecule has 0 bridgehead atoms. The zero-order chi connectivity index (χ0) is 14.4. The van der Waals surface area contributed by atoms with E-state index in [1.165, 1.54) is 18.2 Å². The summed E-state index contributed by atoms with van der Waals surface area (Å²) in [5.74, 6) is -2.42. The summed E-state index contributed by atoms with van der Waals surface area (Å²) in [6.07, 6.45) is 2.31. The van der Waals surface area contributed by atoms with Gasteiger partial charge in [-0.3, -0.25) is 9.59 Å². The minimum absolute atomic E-state index is 0.0459.